The molecule has 1 saturated carbocycles. The second-order valence-electron chi connectivity index (χ2n) is 5.71. The van der Waals surface area contributed by atoms with Crippen LogP contribution in [-0.2, 0) is 10.0 Å². The minimum Gasteiger partial charge on any atom is -0.396 e. The molecule has 1 aromatic rings. The topological polar surface area (TPSA) is 66.4 Å². The molecule has 0 radical (unpaired) electrons. The fraction of sp³-hybridized carbons (Fsp3) is 0.500. The Labute approximate surface area is 126 Å². The van der Waals surface area contributed by atoms with Gasteiger partial charge in [0.25, 0.3) is 0 Å². The number of sulfonamides is 1. The van der Waals surface area contributed by atoms with Crippen LogP contribution < -0.4 is 4.72 Å². The Kier molecular flexibility index (Phi) is 5.56. The quantitative estimate of drug-likeness (QED) is 0.878. The maximum absolute atomic E-state index is 12.1. The summed E-state index contributed by atoms with van der Waals surface area (Å²) in [5.74, 6) is 0.0290. The van der Waals surface area contributed by atoms with E-state index in [0.717, 1.165) is 36.8 Å². The average molecular weight is 309 g/mol. The molecule has 1 aliphatic rings. The third kappa shape index (κ3) is 4.95. The zero-order valence-corrected chi connectivity index (χ0v) is 13.1. The standard InChI is InChI=1S/C16H23NO3S/c1-13-6-8-14(9-7-13)10-11-21(19,20)17-16-5-3-2-4-15(16)12-18/h6-11,15-18H,2-5,12H2,1H3/b11-10+. The van der Waals surface area contributed by atoms with Gasteiger partial charge in [0.1, 0.15) is 0 Å². The van der Waals surface area contributed by atoms with Crippen molar-refractivity contribution in [2.45, 2.75) is 38.6 Å². The number of aliphatic hydroxyl groups is 1. The molecular formula is C16H23NO3S. The summed E-state index contributed by atoms with van der Waals surface area (Å²) >= 11 is 0. The number of rotatable bonds is 5. The lowest BCUT2D eigenvalue weighted by Gasteiger charge is -2.30. The van der Waals surface area contributed by atoms with Gasteiger partial charge in [-0.05, 0) is 37.3 Å². The molecule has 0 amide bonds. The van der Waals surface area contributed by atoms with E-state index in [1.54, 1.807) is 6.08 Å². The zero-order chi connectivity index (χ0) is 15.3. The molecule has 116 valence electrons. The predicted octanol–water partition coefficient (Wildman–Crippen LogP) is 2.44. The molecule has 0 spiro atoms. The summed E-state index contributed by atoms with van der Waals surface area (Å²) in [5, 5.41) is 10.5. The number of benzene rings is 1. The van der Waals surface area contributed by atoms with Gasteiger partial charge in [0.05, 0.1) is 0 Å². The third-order valence-corrected chi connectivity index (χ3v) is 5.10. The van der Waals surface area contributed by atoms with E-state index in [0.29, 0.717) is 0 Å². The summed E-state index contributed by atoms with van der Waals surface area (Å²) in [4.78, 5) is 0. The number of nitrogens with one attached hydrogen (secondary N) is 1. The molecule has 0 aromatic heterocycles. The summed E-state index contributed by atoms with van der Waals surface area (Å²) in [5.41, 5.74) is 1.99. The van der Waals surface area contributed by atoms with Gasteiger partial charge in [0.2, 0.25) is 10.0 Å². The first kappa shape index (κ1) is 16.2. The molecule has 2 unspecified atom stereocenters. The van der Waals surface area contributed by atoms with Crippen LogP contribution in [0.2, 0.25) is 0 Å². The number of hydrogen-bond donors (Lipinski definition) is 2. The molecule has 2 atom stereocenters. The van der Waals surface area contributed by atoms with Crippen molar-refractivity contribution < 1.29 is 13.5 Å². The van der Waals surface area contributed by atoms with Crippen LogP contribution in [0.1, 0.15) is 36.8 Å². The molecule has 4 nitrogen and oxygen atoms in total. The van der Waals surface area contributed by atoms with E-state index in [9.17, 15) is 13.5 Å². The van der Waals surface area contributed by atoms with Gasteiger partial charge in [-0.3, -0.25) is 0 Å². The van der Waals surface area contributed by atoms with Gasteiger partial charge in [0, 0.05) is 18.1 Å². The Bertz CT molecular complexity index is 578. The molecule has 2 rings (SSSR count). The Morgan fingerprint density at radius 1 is 1.24 bits per heavy atom. The monoisotopic (exact) mass is 309 g/mol. The molecule has 5 heteroatoms. The average Bonchev–Trinajstić information content (AvgIpc) is 2.47. The molecule has 0 heterocycles. The van der Waals surface area contributed by atoms with Crippen LogP contribution in [0.4, 0.5) is 0 Å². The molecule has 2 N–H and O–H groups in total. The van der Waals surface area contributed by atoms with Gasteiger partial charge in [0.15, 0.2) is 0 Å². The lowest BCUT2D eigenvalue weighted by molar-refractivity contribution is 0.164. The summed E-state index contributed by atoms with van der Waals surface area (Å²) < 4.78 is 26.9. The molecule has 1 fully saturated rings. The van der Waals surface area contributed by atoms with Crippen molar-refractivity contribution in [1.82, 2.24) is 4.72 Å². The predicted molar refractivity (Wildman–Crippen MR) is 85.1 cm³/mol. The first-order valence-corrected chi connectivity index (χ1v) is 8.93. The SMILES string of the molecule is Cc1ccc(/C=C/S(=O)(=O)NC2CCCCC2CO)cc1. The lowest BCUT2D eigenvalue weighted by Crippen LogP contribution is -2.42. The molecule has 1 aromatic carbocycles. The van der Waals surface area contributed by atoms with Crippen LogP contribution in [-0.4, -0.2) is 26.2 Å². The Balaban J connectivity index is 2.02. The lowest BCUT2D eigenvalue weighted by atomic mass is 9.86. The highest BCUT2D eigenvalue weighted by Gasteiger charge is 2.27. The van der Waals surface area contributed by atoms with Crippen LogP contribution in [0.25, 0.3) is 6.08 Å². The third-order valence-electron chi connectivity index (χ3n) is 3.98. The van der Waals surface area contributed by atoms with E-state index in [-0.39, 0.29) is 18.6 Å². The van der Waals surface area contributed by atoms with E-state index >= 15 is 0 Å². The van der Waals surface area contributed by atoms with Crippen molar-refractivity contribution in [3.63, 3.8) is 0 Å². The highest BCUT2D eigenvalue weighted by molar-refractivity contribution is 7.92. The number of hydrogen-bond acceptors (Lipinski definition) is 3. The molecular weight excluding hydrogens is 286 g/mol. The van der Waals surface area contributed by atoms with E-state index in [1.165, 1.54) is 5.41 Å². The summed E-state index contributed by atoms with van der Waals surface area (Å²) in [6.45, 7) is 2.03. The molecule has 0 aliphatic heterocycles. The van der Waals surface area contributed by atoms with Gasteiger partial charge in [-0.1, -0.05) is 42.7 Å². The van der Waals surface area contributed by atoms with Crippen LogP contribution in [0, 0.1) is 12.8 Å². The smallest absolute Gasteiger partial charge is 0.233 e. The number of aryl methyl sites for hydroxylation is 1. The first-order chi connectivity index (χ1) is 10.00. The van der Waals surface area contributed by atoms with E-state index in [4.69, 9.17) is 0 Å². The molecule has 0 bridgehead atoms. The van der Waals surface area contributed by atoms with Gasteiger partial charge in [-0.25, -0.2) is 13.1 Å². The number of aliphatic hydroxyl groups excluding tert-OH is 1. The Morgan fingerprint density at radius 3 is 2.57 bits per heavy atom. The zero-order valence-electron chi connectivity index (χ0n) is 12.3. The summed E-state index contributed by atoms with van der Waals surface area (Å²) in [6.07, 6.45) is 5.33. The highest BCUT2D eigenvalue weighted by atomic mass is 32.2. The minimum absolute atomic E-state index is 0.0290. The van der Waals surface area contributed by atoms with Gasteiger partial charge < -0.3 is 5.11 Å². The minimum atomic E-state index is -3.47. The highest BCUT2D eigenvalue weighted by Crippen LogP contribution is 2.24. The van der Waals surface area contributed by atoms with Crippen molar-refractivity contribution in [1.29, 1.82) is 0 Å². The molecule has 0 saturated heterocycles. The fourth-order valence-corrected chi connectivity index (χ4v) is 3.82. The van der Waals surface area contributed by atoms with Crippen LogP contribution in [0.3, 0.4) is 0 Å². The van der Waals surface area contributed by atoms with Gasteiger partial charge in [-0.15, -0.1) is 0 Å². The van der Waals surface area contributed by atoms with Crippen LogP contribution in [0.5, 0.6) is 0 Å². The second kappa shape index (κ2) is 7.20. The van der Waals surface area contributed by atoms with Crippen LogP contribution in [0.15, 0.2) is 29.7 Å². The Hall–Kier alpha value is -1.17. The van der Waals surface area contributed by atoms with Crippen molar-refractivity contribution in [2.24, 2.45) is 5.92 Å². The van der Waals surface area contributed by atoms with E-state index in [2.05, 4.69) is 4.72 Å². The maximum Gasteiger partial charge on any atom is 0.233 e. The fourth-order valence-electron chi connectivity index (χ4n) is 2.68. The normalized spacial score (nSPS) is 23.5. The van der Waals surface area contributed by atoms with Gasteiger partial charge in [-0.2, -0.15) is 0 Å². The van der Waals surface area contributed by atoms with Gasteiger partial charge >= 0.3 is 0 Å². The first-order valence-electron chi connectivity index (χ1n) is 7.38. The van der Waals surface area contributed by atoms with Crippen molar-refractivity contribution in [3.8, 4) is 0 Å². The summed E-state index contributed by atoms with van der Waals surface area (Å²) in [7, 11) is -3.47. The van der Waals surface area contributed by atoms with Crippen molar-refractivity contribution >= 4 is 16.1 Å². The van der Waals surface area contributed by atoms with E-state index < -0.39 is 10.0 Å². The van der Waals surface area contributed by atoms with Crippen LogP contribution >= 0.6 is 0 Å². The molecule has 21 heavy (non-hydrogen) atoms. The maximum atomic E-state index is 12.1. The van der Waals surface area contributed by atoms with Crippen molar-refractivity contribution in [3.05, 3.63) is 40.8 Å². The van der Waals surface area contributed by atoms with E-state index in [1.807, 2.05) is 31.2 Å². The largest absolute Gasteiger partial charge is 0.396 e. The van der Waals surface area contributed by atoms with Crippen molar-refractivity contribution in [2.75, 3.05) is 6.61 Å². The molecule has 1 aliphatic carbocycles. The summed E-state index contributed by atoms with van der Waals surface area (Å²) in [6, 6.07) is 7.51. The second-order valence-corrected chi connectivity index (χ2v) is 7.31. The Morgan fingerprint density at radius 2 is 1.90 bits per heavy atom.